The first-order valence-corrected chi connectivity index (χ1v) is 32.5. The van der Waals surface area contributed by atoms with E-state index in [4.69, 9.17) is 28.4 Å². The van der Waals surface area contributed by atoms with Crippen LogP contribution in [0.2, 0.25) is 0 Å². The van der Waals surface area contributed by atoms with Gasteiger partial charge in [-0.05, 0) is 89.9 Å². The number of nitrogens with one attached hydrogen (secondary N) is 1. The van der Waals surface area contributed by atoms with E-state index in [0.29, 0.717) is 12.8 Å². The molecule has 0 saturated carbocycles. The van der Waals surface area contributed by atoms with Gasteiger partial charge < -0.3 is 89.9 Å². The Labute approximate surface area is 513 Å². The monoisotopic (exact) mass is 1220 g/mol. The number of aliphatic hydroxyl groups is 11. The third-order valence-corrected chi connectivity index (χ3v) is 15.6. The van der Waals surface area contributed by atoms with Crippen molar-refractivity contribution in [3.63, 3.8) is 0 Å². The summed E-state index contributed by atoms with van der Waals surface area (Å²) in [5, 5.41) is 120. The molecule has 1 amide bonds. The number of aliphatic hydroxyl groups excluding tert-OH is 11. The summed E-state index contributed by atoms with van der Waals surface area (Å²) in [4.78, 5) is 13.4. The van der Waals surface area contributed by atoms with E-state index in [1.165, 1.54) is 64.2 Å². The Bertz CT molecular complexity index is 1940. The number of amides is 1. The molecule has 17 atom stereocenters. The number of carbonyl (C=O) groups excluding carboxylic acids is 1. The lowest BCUT2D eigenvalue weighted by Gasteiger charge is -2.48. The Hall–Kier alpha value is -3.29. The van der Waals surface area contributed by atoms with Gasteiger partial charge in [-0.2, -0.15) is 0 Å². The van der Waals surface area contributed by atoms with Crippen LogP contribution in [0, 0.1) is 0 Å². The van der Waals surface area contributed by atoms with Crippen LogP contribution < -0.4 is 5.32 Å². The Morgan fingerprint density at radius 1 is 0.430 bits per heavy atom. The minimum atomic E-state index is -1.99. The molecule has 0 spiro atoms. The van der Waals surface area contributed by atoms with Gasteiger partial charge in [0, 0.05) is 6.42 Å². The molecule has 17 unspecified atom stereocenters. The van der Waals surface area contributed by atoms with Gasteiger partial charge in [-0.3, -0.25) is 4.79 Å². The first kappa shape index (κ1) is 77.0. The molecule has 3 aliphatic heterocycles. The van der Waals surface area contributed by atoms with E-state index in [2.05, 4.69) is 104 Å². The lowest BCUT2D eigenvalue weighted by molar-refractivity contribution is -0.379. The van der Waals surface area contributed by atoms with Crippen LogP contribution in [0.5, 0.6) is 0 Å². The average Bonchev–Trinajstić information content (AvgIpc) is 3.70. The smallest absolute Gasteiger partial charge is 0.220 e. The lowest BCUT2D eigenvalue weighted by Crippen LogP contribution is -2.66. The second kappa shape index (κ2) is 48.5. The van der Waals surface area contributed by atoms with Gasteiger partial charge in [0.05, 0.1) is 38.6 Å². The summed E-state index contributed by atoms with van der Waals surface area (Å²) in [5.41, 5.74) is 0. The Morgan fingerprint density at radius 3 is 1.30 bits per heavy atom. The summed E-state index contributed by atoms with van der Waals surface area (Å²) < 4.78 is 34.3. The minimum absolute atomic E-state index is 0.218. The molecule has 3 aliphatic rings. The molecule has 19 nitrogen and oxygen atoms in total. The van der Waals surface area contributed by atoms with Crippen LogP contribution in [0.15, 0.2) is 97.2 Å². The number of ether oxygens (including phenoxy) is 6. The standard InChI is InChI=1S/C67H113NO18/c1-3-5-7-9-11-13-15-17-19-21-22-23-24-25-26-27-28-29-31-33-35-37-39-41-43-45-55(73)68-50(51(72)44-42-40-38-36-34-32-30-20-18-16-14-12-10-8-6-4-2)49-81-65-61(79)58(76)63(53(47-70)83-65)86-67-62(80)59(77)64(54(48-71)84-67)85-66-60(78)57(75)56(74)52(46-69)82-66/h5,7,11,13,17-20,22-23,25-26,34,36,42,44,50-54,56-67,69-72,74-80H,3-4,6,8-10,12,14-16,21,24,27-33,35,37-41,43,45-49H2,1-2H3,(H,68,73)/b7-5-,13-11-,19-17-,20-18+,23-22-,26-25-,36-34+,44-42+. The summed E-state index contributed by atoms with van der Waals surface area (Å²) in [5.74, 6) is -0.301. The van der Waals surface area contributed by atoms with E-state index >= 15 is 0 Å². The normalized spacial score (nSPS) is 29.4. The van der Waals surface area contributed by atoms with Crippen molar-refractivity contribution in [3.05, 3.63) is 97.2 Å². The molecule has 3 fully saturated rings. The quantitative estimate of drug-likeness (QED) is 0.0210. The van der Waals surface area contributed by atoms with E-state index < -0.39 is 124 Å². The molecule has 0 aromatic heterocycles. The van der Waals surface area contributed by atoms with Crippen molar-refractivity contribution >= 4 is 5.91 Å². The maximum Gasteiger partial charge on any atom is 0.220 e. The zero-order chi connectivity index (χ0) is 62.6. The molecule has 0 aromatic rings. The van der Waals surface area contributed by atoms with Crippen LogP contribution in [0.3, 0.4) is 0 Å². The fraction of sp³-hybridized carbons (Fsp3) is 0.746. The first-order chi connectivity index (χ1) is 41.8. The van der Waals surface area contributed by atoms with Crippen molar-refractivity contribution in [2.75, 3.05) is 26.4 Å². The zero-order valence-electron chi connectivity index (χ0n) is 51.7. The van der Waals surface area contributed by atoms with Crippen LogP contribution in [0.25, 0.3) is 0 Å². The van der Waals surface area contributed by atoms with Gasteiger partial charge in [0.25, 0.3) is 0 Å². The van der Waals surface area contributed by atoms with Crippen molar-refractivity contribution in [1.82, 2.24) is 5.32 Å². The SMILES string of the molecule is CC/C=C\C/C=C\C/C=C\C/C=C\C/C=C\CCCCCCCCCCCC(=O)NC(COC1OC(CO)C(OC2OC(CO)C(OC3OC(CO)C(O)C(O)C3O)C(O)C2O)C(O)C1O)C(O)/C=C/CC/C=C/CC/C=C/CCCCCCCC. The molecule has 19 heteroatoms. The highest BCUT2D eigenvalue weighted by Crippen LogP contribution is 2.33. The summed E-state index contributed by atoms with van der Waals surface area (Å²) in [7, 11) is 0. The highest BCUT2D eigenvalue weighted by atomic mass is 16.8. The average molecular weight is 1220 g/mol. The van der Waals surface area contributed by atoms with E-state index in [9.17, 15) is 61.0 Å². The predicted octanol–water partition coefficient (Wildman–Crippen LogP) is 7.32. The summed E-state index contributed by atoms with van der Waals surface area (Å²) in [6.45, 7) is 1.55. The van der Waals surface area contributed by atoms with Gasteiger partial charge in [0.15, 0.2) is 18.9 Å². The molecule has 0 radical (unpaired) electrons. The largest absolute Gasteiger partial charge is 0.394 e. The van der Waals surface area contributed by atoms with Gasteiger partial charge in [0.2, 0.25) is 5.91 Å². The number of unbranched alkanes of at least 4 members (excludes halogenated alkanes) is 17. The van der Waals surface area contributed by atoms with Crippen LogP contribution >= 0.6 is 0 Å². The fourth-order valence-electron chi connectivity index (χ4n) is 10.3. The second-order valence-corrected chi connectivity index (χ2v) is 22.8. The summed E-state index contributed by atoms with van der Waals surface area (Å²) >= 11 is 0. The molecule has 494 valence electrons. The third-order valence-electron chi connectivity index (χ3n) is 15.6. The Balaban J connectivity index is 1.47. The molecule has 3 saturated heterocycles. The lowest BCUT2D eigenvalue weighted by atomic mass is 9.96. The van der Waals surface area contributed by atoms with Crippen molar-refractivity contribution < 1.29 is 89.4 Å². The van der Waals surface area contributed by atoms with E-state index in [1.54, 1.807) is 6.08 Å². The minimum Gasteiger partial charge on any atom is -0.394 e. The van der Waals surface area contributed by atoms with Crippen molar-refractivity contribution in [3.8, 4) is 0 Å². The topological polar surface area (TPSA) is 307 Å². The number of hydrogen-bond acceptors (Lipinski definition) is 18. The molecule has 3 rings (SSSR count). The summed E-state index contributed by atoms with van der Waals surface area (Å²) in [6.07, 6.45) is 35.2. The van der Waals surface area contributed by atoms with E-state index in [0.717, 1.165) is 89.9 Å². The van der Waals surface area contributed by atoms with Crippen LogP contribution in [0.4, 0.5) is 0 Å². The third kappa shape index (κ3) is 31.0. The predicted molar refractivity (Wildman–Crippen MR) is 332 cm³/mol. The van der Waals surface area contributed by atoms with Crippen molar-refractivity contribution in [2.24, 2.45) is 0 Å². The van der Waals surface area contributed by atoms with Crippen LogP contribution in [-0.4, -0.2) is 193 Å². The molecule has 0 aromatic carbocycles. The highest BCUT2D eigenvalue weighted by molar-refractivity contribution is 5.76. The highest BCUT2D eigenvalue weighted by Gasteiger charge is 2.53. The maximum atomic E-state index is 13.4. The second-order valence-electron chi connectivity index (χ2n) is 22.8. The number of allylic oxidation sites excluding steroid dienone is 15. The molecule has 0 bridgehead atoms. The van der Waals surface area contributed by atoms with Gasteiger partial charge in [-0.1, -0.05) is 188 Å². The maximum absolute atomic E-state index is 13.4. The molecule has 12 N–H and O–H groups in total. The number of hydrogen-bond donors (Lipinski definition) is 12. The van der Waals surface area contributed by atoms with Crippen LogP contribution in [0.1, 0.15) is 187 Å². The van der Waals surface area contributed by atoms with Gasteiger partial charge in [0.1, 0.15) is 73.2 Å². The van der Waals surface area contributed by atoms with Crippen LogP contribution in [-0.2, 0) is 33.2 Å². The van der Waals surface area contributed by atoms with Gasteiger partial charge in [-0.25, -0.2) is 0 Å². The van der Waals surface area contributed by atoms with E-state index in [1.807, 2.05) is 6.08 Å². The zero-order valence-corrected chi connectivity index (χ0v) is 51.7. The van der Waals surface area contributed by atoms with Gasteiger partial charge in [-0.15, -0.1) is 0 Å². The van der Waals surface area contributed by atoms with Gasteiger partial charge >= 0.3 is 0 Å². The first-order valence-electron chi connectivity index (χ1n) is 32.5. The molecule has 0 aliphatic carbocycles. The summed E-state index contributed by atoms with van der Waals surface area (Å²) in [6, 6.07) is -1.01. The molecule has 3 heterocycles. The van der Waals surface area contributed by atoms with E-state index in [-0.39, 0.29) is 18.9 Å². The molecule has 86 heavy (non-hydrogen) atoms. The Kier molecular flexibility index (Phi) is 43.4. The van der Waals surface area contributed by atoms with Crippen molar-refractivity contribution in [1.29, 1.82) is 0 Å². The molecular weight excluding hydrogens is 1110 g/mol. The molecular formula is C67H113NO18. The number of carbonyl (C=O) groups is 1. The fourth-order valence-corrected chi connectivity index (χ4v) is 10.3. The van der Waals surface area contributed by atoms with Crippen molar-refractivity contribution in [2.45, 2.75) is 291 Å². The Morgan fingerprint density at radius 2 is 0.814 bits per heavy atom. The number of rotatable bonds is 47.